The summed E-state index contributed by atoms with van der Waals surface area (Å²) in [7, 11) is 0. The van der Waals surface area contributed by atoms with Gasteiger partial charge in [-0.2, -0.15) is 13.2 Å². The monoisotopic (exact) mass is 275 g/mol. The van der Waals surface area contributed by atoms with Gasteiger partial charge in [0, 0.05) is 6.04 Å². The van der Waals surface area contributed by atoms with Crippen LogP contribution in [0.25, 0.3) is 0 Å². The Hall–Kier alpha value is -1.07. The molecule has 2 nitrogen and oxygen atoms in total. The fourth-order valence-electron chi connectivity index (χ4n) is 1.82. The van der Waals surface area contributed by atoms with Gasteiger partial charge >= 0.3 is 6.18 Å². The zero-order valence-electron chi connectivity index (χ0n) is 11.4. The van der Waals surface area contributed by atoms with E-state index in [0.717, 1.165) is 12.5 Å². The third-order valence-electron chi connectivity index (χ3n) is 3.17. The van der Waals surface area contributed by atoms with Gasteiger partial charge in [0.1, 0.15) is 0 Å². The highest BCUT2D eigenvalue weighted by Crippen LogP contribution is 2.31. The van der Waals surface area contributed by atoms with E-state index in [0.29, 0.717) is 12.0 Å². The van der Waals surface area contributed by atoms with Gasteiger partial charge in [-0.25, -0.2) is 0 Å². The molecule has 0 bridgehead atoms. The van der Waals surface area contributed by atoms with Crippen LogP contribution < -0.4 is 5.73 Å². The van der Waals surface area contributed by atoms with E-state index in [-0.39, 0.29) is 0 Å². The van der Waals surface area contributed by atoms with Crippen LogP contribution in [-0.4, -0.2) is 18.3 Å². The van der Waals surface area contributed by atoms with Crippen molar-refractivity contribution < 1.29 is 17.9 Å². The van der Waals surface area contributed by atoms with Crippen LogP contribution in [0, 0.1) is 6.92 Å². The Morgan fingerprint density at radius 1 is 1.26 bits per heavy atom. The average Bonchev–Trinajstić information content (AvgIpc) is 2.34. The lowest BCUT2D eigenvalue weighted by Gasteiger charge is -2.29. The van der Waals surface area contributed by atoms with Crippen molar-refractivity contribution in [2.75, 3.05) is 0 Å². The highest BCUT2D eigenvalue weighted by atomic mass is 19.4. The first-order chi connectivity index (χ1) is 8.77. The van der Waals surface area contributed by atoms with Crippen LogP contribution in [0.1, 0.15) is 37.5 Å². The number of halogens is 3. The second-order valence-electron chi connectivity index (χ2n) is 4.67. The van der Waals surface area contributed by atoms with Crippen molar-refractivity contribution in [3.63, 3.8) is 0 Å². The van der Waals surface area contributed by atoms with Crippen LogP contribution in [-0.2, 0) is 4.74 Å². The molecule has 0 heterocycles. The van der Waals surface area contributed by atoms with Gasteiger partial charge in [-0.3, -0.25) is 0 Å². The molecule has 0 saturated heterocycles. The molecule has 0 amide bonds. The minimum absolute atomic E-state index is 0.467. The predicted octanol–water partition coefficient (Wildman–Crippen LogP) is 3.74. The van der Waals surface area contributed by atoms with E-state index in [1.165, 1.54) is 0 Å². The summed E-state index contributed by atoms with van der Waals surface area (Å²) in [5.74, 6) is 0. The summed E-state index contributed by atoms with van der Waals surface area (Å²) in [6, 6.07) is 6.75. The second kappa shape index (κ2) is 6.39. The quantitative estimate of drug-likeness (QED) is 0.888. The molecule has 1 aromatic rings. The van der Waals surface area contributed by atoms with Crippen molar-refractivity contribution >= 4 is 0 Å². The standard InChI is InChI=1S/C14H20F3NO/c1-4-12(18)13(19-10(3)14(15,16)17)11-8-6-5-7-9(11)2/h5-8,10,12-13H,4,18H2,1-3H3. The molecule has 3 unspecified atom stereocenters. The normalized spacial score (nSPS) is 17.0. The molecule has 108 valence electrons. The Morgan fingerprint density at radius 2 is 1.84 bits per heavy atom. The van der Waals surface area contributed by atoms with Gasteiger partial charge in [-0.15, -0.1) is 0 Å². The SMILES string of the molecule is CCC(N)C(OC(C)C(F)(F)F)c1ccccc1C. The van der Waals surface area contributed by atoms with Crippen LogP contribution in [0.4, 0.5) is 13.2 Å². The average molecular weight is 275 g/mol. The maximum atomic E-state index is 12.6. The van der Waals surface area contributed by atoms with E-state index >= 15 is 0 Å². The summed E-state index contributed by atoms with van der Waals surface area (Å²) in [5.41, 5.74) is 7.51. The summed E-state index contributed by atoms with van der Waals surface area (Å²) >= 11 is 0. The summed E-state index contributed by atoms with van der Waals surface area (Å²) < 4.78 is 43.1. The van der Waals surface area contributed by atoms with E-state index in [1.54, 1.807) is 12.1 Å². The molecule has 0 radical (unpaired) electrons. The van der Waals surface area contributed by atoms with Gasteiger partial charge < -0.3 is 10.5 Å². The fraction of sp³-hybridized carbons (Fsp3) is 0.571. The third kappa shape index (κ3) is 4.21. The van der Waals surface area contributed by atoms with Crippen molar-refractivity contribution in [1.29, 1.82) is 0 Å². The molecule has 0 fully saturated rings. The lowest BCUT2D eigenvalue weighted by Crippen LogP contribution is -2.37. The van der Waals surface area contributed by atoms with Crippen molar-refractivity contribution in [3.8, 4) is 0 Å². The molecule has 19 heavy (non-hydrogen) atoms. The summed E-state index contributed by atoms with van der Waals surface area (Å²) in [6.45, 7) is 4.68. The molecule has 0 aliphatic rings. The van der Waals surface area contributed by atoms with Crippen LogP contribution in [0.15, 0.2) is 24.3 Å². The first-order valence-corrected chi connectivity index (χ1v) is 6.30. The van der Waals surface area contributed by atoms with E-state index < -0.39 is 24.4 Å². The number of rotatable bonds is 5. The molecule has 0 spiro atoms. The Labute approximate surface area is 111 Å². The van der Waals surface area contributed by atoms with Crippen LogP contribution >= 0.6 is 0 Å². The largest absolute Gasteiger partial charge is 0.414 e. The van der Waals surface area contributed by atoms with Gasteiger partial charge in [0.25, 0.3) is 0 Å². The number of hydrogen-bond acceptors (Lipinski definition) is 2. The number of aryl methyl sites for hydroxylation is 1. The zero-order chi connectivity index (χ0) is 14.6. The van der Waals surface area contributed by atoms with Gasteiger partial charge in [0.2, 0.25) is 0 Å². The first-order valence-electron chi connectivity index (χ1n) is 6.30. The third-order valence-corrected chi connectivity index (χ3v) is 3.17. The minimum Gasteiger partial charge on any atom is -0.360 e. The Kier molecular flexibility index (Phi) is 5.38. The topological polar surface area (TPSA) is 35.2 Å². The van der Waals surface area contributed by atoms with E-state index in [4.69, 9.17) is 10.5 Å². The molecule has 2 N–H and O–H groups in total. The number of hydrogen-bond donors (Lipinski definition) is 1. The Balaban J connectivity index is 3.00. The lowest BCUT2D eigenvalue weighted by molar-refractivity contribution is -0.230. The van der Waals surface area contributed by atoms with Crippen molar-refractivity contribution in [1.82, 2.24) is 0 Å². The van der Waals surface area contributed by atoms with Crippen LogP contribution in [0.5, 0.6) is 0 Å². The highest BCUT2D eigenvalue weighted by molar-refractivity contribution is 5.28. The maximum absolute atomic E-state index is 12.6. The number of nitrogens with two attached hydrogens (primary N) is 1. The van der Waals surface area contributed by atoms with E-state index in [2.05, 4.69) is 0 Å². The van der Waals surface area contributed by atoms with Gasteiger partial charge in [0.05, 0.1) is 6.10 Å². The minimum atomic E-state index is -4.38. The molecule has 0 aliphatic heterocycles. The molecule has 0 aliphatic carbocycles. The smallest absolute Gasteiger partial charge is 0.360 e. The summed E-state index contributed by atoms with van der Waals surface area (Å²) in [4.78, 5) is 0. The van der Waals surface area contributed by atoms with E-state index in [9.17, 15) is 13.2 Å². The van der Waals surface area contributed by atoms with Crippen molar-refractivity contribution in [2.45, 2.75) is 51.6 Å². The summed E-state index contributed by atoms with van der Waals surface area (Å²) in [5, 5.41) is 0. The van der Waals surface area contributed by atoms with Gasteiger partial charge in [-0.05, 0) is 31.4 Å². The maximum Gasteiger partial charge on any atom is 0.414 e. The first kappa shape index (κ1) is 16.0. The predicted molar refractivity (Wildman–Crippen MR) is 68.8 cm³/mol. The second-order valence-corrected chi connectivity index (χ2v) is 4.67. The molecular weight excluding hydrogens is 255 g/mol. The number of ether oxygens (including phenoxy) is 1. The summed E-state index contributed by atoms with van der Waals surface area (Å²) in [6.07, 6.45) is -6.42. The van der Waals surface area contributed by atoms with Crippen molar-refractivity contribution in [2.24, 2.45) is 5.73 Å². The molecule has 0 aromatic heterocycles. The number of alkyl halides is 3. The Bertz CT molecular complexity index is 406. The fourth-order valence-corrected chi connectivity index (χ4v) is 1.82. The molecule has 5 heteroatoms. The molecule has 1 aromatic carbocycles. The van der Waals surface area contributed by atoms with Crippen LogP contribution in [0.3, 0.4) is 0 Å². The van der Waals surface area contributed by atoms with Crippen molar-refractivity contribution in [3.05, 3.63) is 35.4 Å². The van der Waals surface area contributed by atoms with Gasteiger partial charge in [-0.1, -0.05) is 31.2 Å². The molecule has 3 atom stereocenters. The van der Waals surface area contributed by atoms with Crippen LogP contribution in [0.2, 0.25) is 0 Å². The number of benzene rings is 1. The zero-order valence-corrected chi connectivity index (χ0v) is 11.4. The van der Waals surface area contributed by atoms with E-state index in [1.807, 2.05) is 26.0 Å². The molecular formula is C14H20F3NO. The Morgan fingerprint density at radius 3 is 2.32 bits per heavy atom. The molecule has 0 saturated carbocycles. The highest BCUT2D eigenvalue weighted by Gasteiger charge is 2.39. The van der Waals surface area contributed by atoms with Gasteiger partial charge in [0.15, 0.2) is 6.10 Å². The lowest BCUT2D eigenvalue weighted by atomic mass is 9.96. The molecule has 1 rings (SSSR count).